The van der Waals surface area contributed by atoms with Gasteiger partial charge >= 0.3 is 0 Å². The molecule has 106 valence electrons. The van der Waals surface area contributed by atoms with Crippen molar-refractivity contribution in [3.63, 3.8) is 0 Å². The molecule has 1 aliphatic heterocycles. The molecule has 1 aromatic rings. The van der Waals surface area contributed by atoms with Crippen molar-refractivity contribution >= 4 is 17.5 Å². The van der Waals surface area contributed by atoms with E-state index < -0.39 is 0 Å². The predicted octanol–water partition coefficient (Wildman–Crippen LogP) is 2.16. The number of carbonyl (C=O) groups is 2. The number of allylic oxidation sites excluding steroid dienone is 1. The van der Waals surface area contributed by atoms with Gasteiger partial charge in [0.2, 0.25) is 5.91 Å². The van der Waals surface area contributed by atoms with Crippen molar-refractivity contribution in [3.8, 4) is 5.75 Å². The first kappa shape index (κ1) is 14.1. The number of nitrogens with one attached hydrogen (secondary N) is 2. The van der Waals surface area contributed by atoms with E-state index in [-0.39, 0.29) is 24.5 Å². The Balaban J connectivity index is 2.13. The summed E-state index contributed by atoms with van der Waals surface area (Å²) in [6.07, 6.45) is 1.56. The molecule has 0 aliphatic carbocycles. The Labute approximate surface area is 118 Å². The largest absolute Gasteiger partial charge is 0.482 e. The lowest BCUT2D eigenvalue weighted by Gasteiger charge is -2.20. The third kappa shape index (κ3) is 3.38. The molecule has 0 fully saturated rings. The van der Waals surface area contributed by atoms with Gasteiger partial charge in [-0.3, -0.25) is 9.59 Å². The van der Waals surface area contributed by atoms with Crippen LogP contribution in [0.15, 0.2) is 29.8 Å². The Morgan fingerprint density at radius 2 is 2.20 bits per heavy atom. The monoisotopic (exact) mass is 274 g/mol. The van der Waals surface area contributed by atoms with E-state index in [0.717, 1.165) is 11.1 Å². The van der Waals surface area contributed by atoms with Crippen LogP contribution in [0.2, 0.25) is 0 Å². The lowest BCUT2D eigenvalue weighted by molar-refractivity contribution is -0.119. The Morgan fingerprint density at radius 1 is 1.45 bits per heavy atom. The van der Waals surface area contributed by atoms with Gasteiger partial charge in [-0.1, -0.05) is 11.6 Å². The molecule has 0 unspecified atom stereocenters. The zero-order valence-electron chi connectivity index (χ0n) is 11.8. The van der Waals surface area contributed by atoms with Crippen molar-refractivity contribution in [2.24, 2.45) is 0 Å². The molecule has 5 heteroatoms. The molecule has 2 N–H and O–H groups in total. The van der Waals surface area contributed by atoms with Gasteiger partial charge in [-0.25, -0.2) is 0 Å². The highest BCUT2D eigenvalue weighted by Crippen LogP contribution is 2.30. The van der Waals surface area contributed by atoms with E-state index in [9.17, 15) is 9.59 Å². The van der Waals surface area contributed by atoms with Gasteiger partial charge in [-0.2, -0.15) is 0 Å². The minimum atomic E-state index is -0.170. The lowest BCUT2D eigenvalue weighted by atomic mass is 10.1. The number of anilines is 1. The van der Waals surface area contributed by atoms with Gasteiger partial charge in [0, 0.05) is 6.08 Å². The number of ether oxygens (including phenoxy) is 1. The van der Waals surface area contributed by atoms with E-state index in [2.05, 4.69) is 10.6 Å². The van der Waals surface area contributed by atoms with Gasteiger partial charge in [0.15, 0.2) is 6.61 Å². The first-order chi connectivity index (χ1) is 9.45. The number of benzene rings is 1. The number of hydrogen-bond donors (Lipinski definition) is 2. The van der Waals surface area contributed by atoms with Crippen molar-refractivity contribution in [1.82, 2.24) is 5.32 Å². The zero-order chi connectivity index (χ0) is 14.7. The molecule has 0 saturated heterocycles. The fourth-order valence-corrected chi connectivity index (χ4v) is 1.97. The predicted molar refractivity (Wildman–Crippen MR) is 76.6 cm³/mol. The van der Waals surface area contributed by atoms with Crippen LogP contribution in [0.4, 0.5) is 5.69 Å². The van der Waals surface area contributed by atoms with E-state index in [4.69, 9.17) is 4.74 Å². The van der Waals surface area contributed by atoms with Crippen molar-refractivity contribution in [1.29, 1.82) is 0 Å². The Bertz CT molecular complexity index is 574. The van der Waals surface area contributed by atoms with Crippen LogP contribution in [0.1, 0.15) is 32.4 Å². The molecule has 1 aliphatic rings. The molecular formula is C15H18N2O3. The van der Waals surface area contributed by atoms with Crippen molar-refractivity contribution in [3.05, 3.63) is 35.4 Å². The van der Waals surface area contributed by atoms with Crippen LogP contribution < -0.4 is 15.4 Å². The van der Waals surface area contributed by atoms with Crippen LogP contribution in [-0.2, 0) is 9.59 Å². The molecule has 0 saturated carbocycles. The third-order valence-corrected chi connectivity index (χ3v) is 2.92. The first-order valence-electron chi connectivity index (χ1n) is 6.47. The van der Waals surface area contributed by atoms with Crippen molar-refractivity contribution in [2.45, 2.75) is 26.8 Å². The highest BCUT2D eigenvalue weighted by Gasteiger charge is 2.17. The quantitative estimate of drug-likeness (QED) is 0.830. The fourth-order valence-electron chi connectivity index (χ4n) is 1.97. The summed E-state index contributed by atoms with van der Waals surface area (Å²) in [6, 6.07) is 5.35. The van der Waals surface area contributed by atoms with E-state index >= 15 is 0 Å². The molecule has 1 atom stereocenters. The van der Waals surface area contributed by atoms with Crippen LogP contribution in [-0.4, -0.2) is 18.4 Å². The van der Waals surface area contributed by atoms with Gasteiger partial charge in [0.25, 0.3) is 5.91 Å². The number of fused-ring (bicyclic) bond motifs is 1. The molecule has 5 nitrogen and oxygen atoms in total. The molecule has 1 heterocycles. The normalized spacial score (nSPS) is 14.4. The van der Waals surface area contributed by atoms with Gasteiger partial charge in [0.05, 0.1) is 11.7 Å². The standard InChI is InChI=1S/C15H18N2O3/c1-9(2)6-14(18)16-10(3)11-4-5-13-12(7-11)17-15(19)8-20-13/h4-7,10H,8H2,1-3H3,(H,16,18)(H,17,19)/t10-/m0/s1. The summed E-state index contributed by atoms with van der Waals surface area (Å²) in [5.41, 5.74) is 2.49. The van der Waals surface area contributed by atoms with Crippen LogP contribution in [0, 0.1) is 0 Å². The van der Waals surface area contributed by atoms with Crippen LogP contribution in [0.5, 0.6) is 5.75 Å². The van der Waals surface area contributed by atoms with E-state index in [1.807, 2.05) is 32.9 Å². The van der Waals surface area contributed by atoms with Crippen molar-refractivity contribution < 1.29 is 14.3 Å². The first-order valence-corrected chi connectivity index (χ1v) is 6.47. The minimum Gasteiger partial charge on any atom is -0.482 e. The molecule has 0 bridgehead atoms. The van der Waals surface area contributed by atoms with E-state index in [1.165, 1.54) is 0 Å². The molecular weight excluding hydrogens is 256 g/mol. The SMILES string of the molecule is CC(C)=CC(=O)N[C@@H](C)c1ccc2c(c1)NC(=O)CO2. The minimum absolute atomic E-state index is 0.0409. The maximum absolute atomic E-state index is 11.7. The molecule has 2 amide bonds. The van der Waals surface area contributed by atoms with Gasteiger partial charge in [-0.05, 0) is 38.5 Å². The zero-order valence-corrected chi connectivity index (χ0v) is 11.8. The van der Waals surface area contributed by atoms with Gasteiger partial charge in [0.1, 0.15) is 5.75 Å². The Morgan fingerprint density at radius 3 is 2.90 bits per heavy atom. The van der Waals surface area contributed by atoms with Gasteiger partial charge < -0.3 is 15.4 Å². The maximum atomic E-state index is 11.7. The summed E-state index contributed by atoms with van der Waals surface area (Å²) >= 11 is 0. The summed E-state index contributed by atoms with van der Waals surface area (Å²) in [4.78, 5) is 23.0. The summed E-state index contributed by atoms with van der Waals surface area (Å²) < 4.78 is 5.30. The maximum Gasteiger partial charge on any atom is 0.262 e. The number of amides is 2. The molecule has 1 aromatic carbocycles. The van der Waals surface area contributed by atoms with E-state index in [0.29, 0.717) is 11.4 Å². The highest BCUT2D eigenvalue weighted by molar-refractivity contribution is 5.95. The second-order valence-corrected chi connectivity index (χ2v) is 5.04. The van der Waals surface area contributed by atoms with E-state index in [1.54, 1.807) is 12.1 Å². The number of hydrogen-bond acceptors (Lipinski definition) is 3. The molecule has 2 rings (SSSR count). The summed E-state index contributed by atoms with van der Waals surface area (Å²) in [7, 11) is 0. The average Bonchev–Trinajstić information content (AvgIpc) is 2.36. The highest BCUT2D eigenvalue weighted by atomic mass is 16.5. The second-order valence-electron chi connectivity index (χ2n) is 5.04. The van der Waals surface area contributed by atoms with Crippen molar-refractivity contribution in [2.75, 3.05) is 11.9 Å². The van der Waals surface area contributed by atoms with Gasteiger partial charge in [-0.15, -0.1) is 0 Å². The fraction of sp³-hybridized carbons (Fsp3) is 0.333. The van der Waals surface area contributed by atoms with Crippen LogP contribution in [0.3, 0.4) is 0 Å². The number of rotatable bonds is 3. The Kier molecular flexibility index (Phi) is 4.08. The molecule has 20 heavy (non-hydrogen) atoms. The smallest absolute Gasteiger partial charge is 0.262 e. The summed E-state index contributed by atoms with van der Waals surface area (Å²) in [5.74, 6) is 0.350. The van der Waals surface area contributed by atoms with Crippen LogP contribution >= 0.6 is 0 Å². The second kappa shape index (κ2) is 5.77. The molecule has 0 spiro atoms. The van der Waals surface area contributed by atoms with Crippen LogP contribution in [0.25, 0.3) is 0 Å². The topological polar surface area (TPSA) is 67.4 Å². The lowest BCUT2D eigenvalue weighted by Crippen LogP contribution is -2.27. The Hall–Kier alpha value is -2.30. The molecule has 0 radical (unpaired) electrons. The summed E-state index contributed by atoms with van der Waals surface area (Å²) in [5, 5.41) is 5.63. The summed E-state index contributed by atoms with van der Waals surface area (Å²) in [6.45, 7) is 5.68. The number of carbonyl (C=O) groups excluding carboxylic acids is 2. The third-order valence-electron chi connectivity index (χ3n) is 2.92. The molecule has 0 aromatic heterocycles. The average molecular weight is 274 g/mol.